The van der Waals surface area contributed by atoms with Crippen LogP contribution in [0.15, 0.2) is 47.4 Å². The first-order valence-corrected chi connectivity index (χ1v) is 9.78. The van der Waals surface area contributed by atoms with Crippen molar-refractivity contribution in [2.45, 2.75) is 24.8 Å². The van der Waals surface area contributed by atoms with Gasteiger partial charge in [-0.1, -0.05) is 11.6 Å². The smallest absolute Gasteiger partial charge is 0.327 e. The number of nitrogens with zero attached hydrogens (tertiary/aromatic N) is 1. The highest BCUT2D eigenvalue weighted by atomic mass is 35.5. The zero-order valence-electron chi connectivity index (χ0n) is 15.0. The Balaban J connectivity index is 2.58. The Labute approximate surface area is 162 Å². The molecular formula is C18H19ClFNO5S. The van der Waals surface area contributed by atoms with Crippen LogP contribution in [0.1, 0.15) is 13.8 Å². The van der Waals surface area contributed by atoms with Crippen LogP contribution in [0.3, 0.4) is 0 Å². The summed E-state index contributed by atoms with van der Waals surface area (Å²) in [5, 5.41) is 0.252. The van der Waals surface area contributed by atoms with E-state index < -0.39 is 34.5 Å². The number of hydrogen-bond donors (Lipinski definition) is 0. The lowest BCUT2D eigenvalue weighted by Gasteiger charge is -2.25. The van der Waals surface area contributed by atoms with Gasteiger partial charge in [-0.05, 0) is 56.3 Å². The summed E-state index contributed by atoms with van der Waals surface area (Å²) in [4.78, 5) is 12.0. The van der Waals surface area contributed by atoms with E-state index in [4.69, 9.17) is 21.1 Å². The Morgan fingerprint density at radius 1 is 1.19 bits per heavy atom. The third-order valence-electron chi connectivity index (χ3n) is 3.45. The summed E-state index contributed by atoms with van der Waals surface area (Å²) in [5.74, 6) is -1.14. The number of sulfonamides is 1. The second-order valence-corrected chi connectivity index (χ2v) is 8.12. The predicted octanol–water partition coefficient (Wildman–Crippen LogP) is 3.63. The highest BCUT2D eigenvalue weighted by molar-refractivity contribution is 7.92. The first-order chi connectivity index (χ1) is 12.6. The second-order valence-electron chi connectivity index (χ2n) is 5.82. The van der Waals surface area contributed by atoms with Crippen LogP contribution >= 0.6 is 11.6 Å². The Morgan fingerprint density at radius 3 is 2.37 bits per heavy atom. The number of anilines is 1. The number of methoxy groups -OCH3 is 1. The summed E-state index contributed by atoms with van der Waals surface area (Å²) in [5.41, 5.74) is 0.0648. The van der Waals surface area contributed by atoms with E-state index in [9.17, 15) is 17.6 Å². The molecule has 2 rings (SSSR count). The maximum absolute atomic E-state index is 13.2. The summed E-state index contributed by atoms with van der Waals surface area (Å²) in [6.07, 6.45) is -0.422. The monoisotopic (exact) mass is 415 g/mol. The van der Waals surface area contributed by atoms with E-state index in [0.29, 0.717) is 0 Å². The van der Waals surface area contributed by atoms with Crippen molar-refractivity contribution >= 4 is 33.3 Å². The van der Waals surface area contributed by atoms with Crippen LogP contribution in [0, 0.1) is 5.82 Å². The molecule has 0 radical (unpaired) electrons. The van der Waals surface area contributed by atoms with Gasteiger partial charge in [-0.3, -0.25) is 9.10 Å². The summed E-state index contributed by atoms with van der Waals surface area (Å²) in [6.45, 7) is 2.70. The molecule has 0 aliphatic carbocycles. The van der Waals surface area contributed by atoms with Crippen LogP contribution in [0.4, 0.5) is 10.1 Å². The van der Waals surface area contributed by atoms with Gasteiger partial charge < -0.3 is 9.47 Å². The second kappa shape index (κ2) is 8.58. The van der Waals surface area contributed by atoms with Gasteiger partial charge in [0.15, 0.2) is 0 Å². The molecule has 0 saturated heterocycles. The fraction of sp³-hybridized carbons (Fsp3) is 0.278. The number of ether oxygens (including phenoxy) is 2. The molecule has 0 fully saturated rings. The van der Waals surface area contributed by atoms with Gasteiger partial charge in [0.25, 0.3) is 10.0 Å². The lowest BCUT2D eigenvalue weighted by atomic mass is 10.3. The van der Waals surface area contributed by atoms with E-state index >= 15 is 0 Å². The van der Waals surface area contributed by atoms with Crippen LogP contribution in [0.25, 0.3) is 0 Å². The molecule has 2 aromatic carbocycles. The molecule has 6 nitrogen and oxygen atoms in total. The van der Waals surface area contributed by atoms with Gasteiger partial charge in [0.05, 0.1) is 23.8 Å². The highest BCUT2D eigenvalue weighted by Crippen LogP contribution is 2.34. The SMILES string of the molecule is COc1ccc(Cl)cc1N(CC(=O)OC(C)C)S(=O)(=O)c1ccc(F)cc1. The molecular weight excluding hydrogens is 397 g/mol. The molecule has 146 valence electrons. The molecule has 9 heteroatoms. The van der Waals surface area contributed by atoms with Crippen LogP contribution in [-0.4, -0.2) is 34.1 Å². The maximum atomic E-state index is 13.2. The average molecular weight is 416 g/mol. The fourth-order valence-corrected chi connectivity index (χ4v) is 3.89. The van der Waals surface area contributed by atoms with Crippen molar-refractivity contribution in [3.63, 3.8) is 0 Å². The van der Waals surface area contributed by atoms with E-state index in [-0.39, 0.29) is 21.4 Å². The molecule has 2 aromatic rings. The lowest BCUT2D eigenvalue weighted by molar-refractivity contribution is -0.145. The van der Waals surface area contributed by atoms with Crippen LogP contribution in [-0.2, 0) is 19.6 Å². The van der Waals surface area contributed by atoms with Gasteiger partial charge in [0.1, 0.15) is 18.1 Å². The normalized spacial score (nSPS) is 11.3. The Kier molecular flexibility index (Phi) is 6.67. The molecule has 0 saturated carbocycles. The Hall–Kier alpha value is -2.32. The summed E-state index contributed by atoms with van der Waals surface area (Å²) >= 11 is 6.01. The first kappa shape index (κ1) is 21.0. The molecule has 0 aliphatic rings. The van der Waals surface area contributed by atoms with E-state index in [0.717, 1.165) is 28.6 Å². The largest absolute Gasteiger partial charge is 0.495 e. The molecule has 0 amide bonds. The molecule has 0 atom stereocenters. The average Bonchev–Trinajstić information content (AvgIpc) is 2.59. The molecule has 0 aromatic heterocycles. The van der Waals surface area contributed by atoms with Crippen LogP contribution in [0.5, 0.6) is 5.75 Å². The van der Waals surface area contributed by atoms with Crippen molar-refractivity contribution in [1.29, 1.82) is 0 Å². The van der Waals surface area contributed by atoms with E-state index in [1.54, 1.807) is 13.8 Å². The van der Waals surface area contributed by atoms with Gasteiger partial charge in [-0.25, -0.2) is 12.8 Å². The zero-order valence-corrected chi connectivity index (χ0v) is 16.6. The lowest BCUT2D eigenvalue weighted by Crippen LogP contribution is -2.37. The molecule has 27 heavy (non-hydrogen) atoms. The van der Waals surface area contributed by atoms with E-state index in [1.165, 1.54) is 25.3 Å². The topological polar surface area (TPSA) is 72.9 Å². The van der Waals surface area contributed by atoms with E-state index in [2.05, 4.69) is 0 Å². The molecule has 0 bridgehead atoms. The number of esters is 1. The van der Waals surface area contributed by atoms with Crippen molar-refractivity contribution in [3.05, 3.63) is 53.3 Å². The van der Waals surface area contributed by atoms with Gasteiger partial charge in [0, 0.05) is 5.02 Å². The third kappa shape index (κ3) is 5.11. The van der Waals surface area contributed by atoms with Crippen LogP contribution < -0.4 is 9.04 Å². The van der Waals surface area contributed by atoms with Crippen molar-refractivity contribution in [2.75, 3.05) is 18.0 Å². The molecule has 0 unspecified atom stereocenters. The maximum Gasteiger partial charge on any atom is 0.327 e. The van der Waals surface area contributed by atoms with Gasteiger partial charge in [0.2, 0.25) is 0 Å². The van der Waals surface area contributed by atoms with Crippen molar-refractivity contribution in [1.82, 2.24) is 0 Å². The van der Waals surface area contributed by atoms with Crippen molar-refractivity contribution < 1.29 is 27.1 Å². The summed E-state index contributed by atoms with van der Waals surface area (Å²) in [6, 6.07) is 8.64. The number of rotatable bonds is 7. The minimum atomic E-state index is -4.22. The van der Waals surface area contributed by atoms with Crippen molar-refractivity contribution in [3.8, 4) is 5.75 Å². The van der Waals surface area contributed by atoms with Crippen LogP contribution in [0.2, 0.25) is 5.02 Å². The minimum absolute atomic E-state index is 0.0648. The first-order valence-electron chi connectivity index (χ1n) is 7.96. The number of halogens is 2. The Morgan fingerprint density at radius 2 is 1.81 bits per heavy atom. The third-order valence-corrected chi connectivity index (χ3v) is 5.46. The quantitative estimate of drug-likeness (QED) is 0.645. The minimum Gasteiger partial charge on any atom is -0.495 e. The summed E-state index contributed by atoms with van der Waals surface area (Å²) < 4.78 is 50.6. The van der Waals surface area contributed by atoms with Gasteiger partial charge in [-0.15, -0.1) is 0 Å². The zero-order chi connectivity index (χ0) is 20.2. The Bertz CT molecular complexity index is 916. The van der Waals surface area contributed by atoms with E-state index in [1.807, 2.05) is 0 Å². The number of benzene rings is 2. The standard InChI is InChI=1S/C18H19ClFNO5S/c1-12(2)26-18(22)11-21(16-10-13(19)4-9-17(16)25-3)27(23,24)15-7-5-14(20)6-8-15/h4-10,12H,11H2,1-3H3. The number of carbonyl (C=O) groups is 1. The fourth-order valence-electron chi connectivity index (χ4n) is 2.31. The molecule has 0 spiro atoms. The van der Waals surface area contributed by atoms with Gasteiger partial charge >= 0.3 is 5.97 Å². The molecule has 0 heterocycles. The summed E-state index contributed by atoms with van der Waals surface area (Å²) in [7, 11) is -2.86. The van der Waals surface area contributed by atoms with Crippen molar-refractivity contribution in [2.24, 2.45) is 0 Å². The number of hydrogen-bond acceptors (Lipinski definition) is 5. The molecule has 0 N–H and O–H groups in total. The predicted molar refractivity (Wildman–Crippen MR) is 100 cm³/mol. The highest BCUT2D eigenvalue weighted by Gasteiger charge is 2.30. The molecule has 0 aliphatic heterocycles. The number of carbonyl (C=O) groups excluding carboxylic acids is 1. The van der Waals surface area contributed by atoms with Gasteiger partial charge in [-0.2, -0.15) is 0 Å².